The molecule has 2 rings (SSSR count). The van der Waals surface area contributed by atoms with E-state index in [4.69, 9.17) is 15.0 Å². The first kappa shape index (κ1) is 21.3. The average Bonchev–Trinajstić information content (AvgIpc) is 2.59. The highest BCUT2D eigenvalue weighted by Crippen LogP contribution is 2.40. The lowest BCUT2D eigenvalue weighted by atomic mass is 9.85. The van der Waals surface area contributed by atoms with Crippen molar-refractivity contribution in [3.63, 3.8) is 0 Å². The van der Waals surface area contributed by atoms with E-state index in [1.165, 1.54) is 18.7 Å². The van der Waals surface area contributed by atoms with E-state index in [0.29, 0.717) is 6.42 Å². The van der Waals surface area contributed by atoms with Gasteiger partial charge in [-0.1, -0.05) is 42.9 Å². The Morgan fingerprint density at radius 3 is 2.67 bits per heavy atom. The van der Waals surface area contributed by atoms with E-state index < -0.39 is 0 Å². The van der Waals surface area contributed by atoms with Gasteiger partial charge in [0.25, 0.3) is 0 Å². The van der Waals surface area contributed by atoms with Crippen LogP contribution in [0.3, 0.4) is 0 Å². The third kappa shape index (κ3) is 5.99. The molecule has 5 atom stereocenters. The number of rotatable bonds is 7. The molecule has 0 radical (unpaired) electrons. The summed E-state index contributed by atoms with van der Waals surface area (Å²) in [5.74, 6) is -0.355. The highest BCUT2D eigenvalue weighted by molar-refractivity contribution is 7.99. The summed E-state index contributed by atoms with van der Waals surface area (Å²) < 4.78 is 11.3. The van der Waals surface area contributed by atoms with Gasteiger partial charge in [-0.2, -0.15) is 0 Å². The molecule has 0 N–H and O–H groups in total. The Kier molecular flexibility index (Phi) is 7.71. The van der Waals surface area contributed by atoms with E-state index in [2.05, 4.69) is 10.0 Å². The van der Waals surface area contributed by atoms with Crippen LogP contribution in [0, 0.1) is 11.8 Å². The molecule has 1 heterocycles. The summed E-state index contributed by atoms with van der Waals surface area (Å²) in [6.45, 7) is 6.99. The first-order valence-electron chi connectivity index (χ1n) is 8.90. The van der Waals surface area contributed by atoms with Crippen LogP contribution in [0.2, 0.25) is 0 Å². The molecule has 8 heteroatoms. The smallest absolute Gasteiger partial charge is 0.302 e. The van der Waals surface area contributed by atoms with Crippen molar-refractivity contribution in [3.05, 3.63) is 40.3 Å². The molecule has 0 bridgehead atoms. The molecular formula is C19H25N3O4S. The normalized spacial score (nSPS) is 27.5. The molecule has 1 aromatic rings. The Balaban J connectivity index is 2.19. The molecule has 1 saturated heterocycles. The summed E-state index contributed by atoms with van der Waals surface area (Å²) in [7, 11) is 0. The Hall–Kier alpha value is -2.02. The quantitative estimate of drug-likeness (QED) is 0.301. The highest BCUT2D eigenvalue weighted by atomic mass is 32.2. The SMILES string of the molecule is CC(=O)Cc1cccc(SC2OC(COC(C)=O)[C@@H](C)C(N=[N+]=[N-])C2C)c1. The molecule has 1 aromatic carbocycles. The third-order valence-corrected chi connectivity index (χ3v) is 5.94. The van der Waals surface area contributed by atoms with Gasteiger partial charge in [-0.3, -0.25) is 9.59 Å². The van der Waals surface area contributed by atoms with Crippen LogP contribution in [-0.4, -0.2) is 35.9 Å². The lowest BCUT2D eigenvalue weighted by molar-refractivity contribution is -0.153. The van der Waals surface area contributed by atoms with E-state index in [0.717, 1.165) is 10.5 Å². The van der Waals surface area contributed by atoms with Gasteiger partial charge in [0.15, 0.2) is 0 Å². The second-order valence-corrected chi connectivity index (χ2v) is 8.08. The van der Waals surface area contributed by atoms with Crippen LogP contribution < -0.4 is 0 Å². The molecule has 0 aliphatic carbocycles. The number of esters is 1. The predicted molar refractivity (Wildman–Crippen MR) is 103 cm³/mol. The lowest BCUT2D eigenvalue weighted by Gasteiger charge is -2.42. The first-order chi connectivity index (χ1) is 12.8. The zero-order valence-electron chi connectivity index (χ0n) is 16.0. The van der Waals surface area contributed by atoms with Crippen molar-refractivity contribution >= 4 is 23.5 Å². The number of thioether (sulfide) groups is 1. The number of benzene rings is 1. The second-order valence-electron chi connectivity index (χ2n) is 6.90. The fourth-order valence-electron chi connectivity index (χ4n) is 3.23. The number of hydrogen-bond donors (Lipinski definition) is 0. The standard InChI is InChI=1S/C19H25N3O4S/c1-11(23)8-15-6-5-7-16(9-15)27-19-13(3)18(21-22-20)12(2)17(26-19)10-25-14(4)24/h5-7,9,12-13,17-19H,8,10H2,1-4H3/t12-,13?,17?,18?,19?/m1/s1. The summed E-state index contributed by atoms with van der Waals surface area (Å²) in [5, 5.41) is 3.97. The Morgan fingerprint density at radius 2 is 2.04 bits per heavy atom. The highest BCUT2D eigenvalue weighted by Gasteiger charge is 2.41. The zero-order valence-corrected chi connectivity index (χ0v) is 16.8. The van der Waals surface area contributed by atoms with Gasteiger partial charge in [0.2, 0.25) is 0 Å². The van der Waals surface area contributed by atoms with Gasteiger partial charge in [-0.25, -0.2) is 0 Å². The molecular weight excluding hydrogens is 366 g/mol. The molecule has 146 valence electrons. The van der Waals surface area contributed by atoms with Crippen molar-refractivity contribution in [1.29, 1.82) is 0 Å². The molecule has 0 spiro atoms. The maximum Gasteiger partial charge on any atom is 0.302 e. The van der Waals surface area contributed by atoms with E-state index in [9.17, 15) is 9.59 Å². The molecule has 0 saturated carbocycles. The number of Topliss-reactive ketones (excluding diaryl/α,β-unsaturated/α-hetero) is 1. The summed E-state index contributed by atoms with van der Waals surface area (Å²) in [4.78, 5) is 26.5. The first-order valence-corrected chi connectivity index (χ1v) is 9.77. The van der Waals surface area contributed by atoms with E-state index in [1.54, 1.807) is 6.92 Å². The van der Waals surface area contributed by atoms with Crippen molar-refractivity contribution < 1.29 is 19.1 Å². The summed E-state index contributed by atoms with van der Waals surface area (Å²) >= 11 is 1.53. The monoisotopic (exact) mass is 391 g/mol. The van der Waals surface area contributed by atoms with Gasteiger partial charge < -0.3 is 9.47 Å². The number of azide groups is 1. The molecule has 27 heavy (non-hydrogen) atoms. The van der Waals surface area contributed by atoms with Gasteiger partial charge in [-0.05, 0) is 36.1 Å². The van der Waals surface area contributed by atoms with Crippen LogP contribution in [0.25, 0.3) is 10.4 Å². The van der Waals surface area contributed by atoms with Gasteiger partial charge >= 0.3 is 5.97 Å². The van der Waals surface area contributed by atoms with Gasteiger partial charge in [0.05, 0.1) is 6.10 Å². The van der Waals surface area contributed by atoms with Crippen molar-refractivity contribution in [3.8, 4) is 0 Å². The number of carbonyl (C=O) groups excluding carboxylic acids is 2. The molecule has 1 aliphatic heterocycles. The van der Waals surface area contributed by atoms with Crippen molar-refractivity contribution in [1.82, 2.24) is 0 Å². The topological polar surface area (TPSA) is 101 Å². The third-order valence-electron chi connectivity index (χ3n) is 4.64. The lowest BCUT2D eigenvalue weighted by Crippen LogP contribution is -2.48. The molecule has 1 fully saturated rings. The number of ketones is 1. The van der Waals surface area contributed by atoms with E-state index in [1.807, 2.05) is 38.1 Å². The number of ether oxygens (including phenoxy) is 2. The van der Waals surface area contributed by atoms with Crippen LogP contribution in [0.5, 0.6) is 0 Å². The fourth-order valence-corrected chi connectivity index (χ4v) is 4.44. The average molecular weight is 391 g/mol. The maximum absolute atomic E-state index is 11.4. The Morgan fingerprint density at radius 1 is 1.30 bits per heavy atom. The molecule has 1 aliphatic rings. The predicted octanol–water partition coefficient (Wildman–Crippen LogP) is 4.15. The Labute approximate surface area is 163 Å². The number of carbonyl (C=O) groups is 2. The summed E-state index contributed by atoms with van der Waals surface area (Å²) in [5.41, 5.74) is 9.64. The second kappa shape index (κ2) is 9.78. The van der Waals surface area contributed by atoms with Crippen molar-refractivity contribution in [2.45, 2.75) is 56.6 Å². The zero-order chi connectivity index (χ0) is 20.0. The van der Waals surface area contributed by atoms with E-state index in [-0.39, 0.29) is 47.8 Å². The summed E-state index contributed by atoms with van der Waals surface area (Å²) in [6.07, 6.45) is 0.0432. The number of nitrogens with zero attached hydrogens (tertiary/aromatic N) is 3. The van der Waals surface area contributed by atoms with Gasteiger partial charge in [0, 0.05) is 35.1 Å². The largest absolute Gasteiger partial charge is 0.463 e. The minimum absolute atomic E-state index is 0.0223. The maximum atomic E-state index is 11.4. The minimum Gasteiger partial charge on any atom is -0.463 e. The number of hydrogen-bond acceptors (Lipinski definition) is 6. The van der Waals surface area contributed by atoms with Crippen molar-refractivity contribution in [2.24, 2.45) is 17.0 Å². The molecule has 0 aromatic heterocycles. The fraction of sp³-hybridized carbons (Fsp3) is 0.579. The van der Waals surface area contributed by atoms with Crippen LogP contribution in [-0.2, 0) is 25.5 Å². The van der Waals surface area contributed by atoms with E-state index >= 15 is 0 Å². The van der Waals surface area contributed by atoms with Crippen LogP contribution in [0.4, 0.5) is 0 Å². The van der Waals surface area contributed by atoms with Gasteiger partial charge in [0.1, 0.15) is 17.8 Å². The van der Waals surface area contributed by atoms with Crippen LogP contribution in [0.1, 0.15) is 33.3 Å². The molecule has 4 unspecified atom stereocenters. The molecule has 0 amide bonds. The summed E-state index contributed by atoms with van der Waals surface area (Å²) in [6, 6.07) is 7.51. The van der Waals surface area contributed by atoms with Crippen LogP contribution >= 0.6 is 11.8 Å². The van der Waals surface area contributed by atoms with Crippen molar-refractivity contribution in [2.75, 3.05) is 6.61 Å². The molecule has 7 nitrogen and oxygen atoms in total. The van der Waals surface area contributed by atoms with Gasteiger partial charge in [-0.15, -0.1) is 0 Å². The minimum atomic E-state index is -0.370. The van der Waals surface area contributed by atoms with Crippen LogP contribution in [0.15, 0.2) is 34.3 Å². The Bertz CT molecular complexity index is 735.